The zero-order valence-corrected chi connectivity index (χ0v) is 21.0. The summed E-state index contributed by atoms with van der Waals surface area (Å²) in [4.78, 5) is 0. The molecule has 0 spiro atoms. The van der Waals surface area contributed by atoms with Gasteiger partial charge < -0.3 is 14.9 Å². The number of aromatic hydroxyl groups is 2. The van der Waals surface area contributed by atoms with Crippen LogP contribution in [-0.2, 0) is 15.9 Å². The van der Waals surface area contributed by atoms with Crippen LogP contribution in [0.4, 0.5) is 0 Å². The molecule has 2 aliphatic heterocycles. The normalized spacial score (nSPS) is 21.9. The lowest BCUT2D eigenvalue weighted by atomic mass is 9.77. The first kappa shape index (κ1) is 22.7. The minimum Gasteiger partial charge on any atom is -0.494 e. The number of rotatable bonds is 4. The zero-order chi connectivity index (χ0) is 26.1. The highest BCUT2D eigenvalue weighted by Crippen LogP contribution is 2.65. The fourth-order valence-corrected chi connectivity index (χ4v) is 6.63. The molecule has 1 aromatic heterocycles. The Balaban J connectivity index is 1.34. The van der Waals surface area contributed by atoms with Crippen molar-refractivity contribution >= 4 is 27.6 Å². The predicted molar refractivity (Wildman–Crippen MR) is 148 cm³/mol. The van der Waals surface area contributed by atoms with Gasteiger partial charge in [0.15, 0.2) is 0 Å². The number of hydrogen-bond acceptors (Lipinski definition) is 4. The number of benzene rings is 4. The molecule has 0 aliphatic carbocycles. The standard InChI is InChI=1S/C33H26N2O3/c1-32-18-19-33(38-32,17-7-11-22-10-6-9-21-8-2-3-12-24(21)22)29-28(32)30(36)35(31(29)37)27-16-15-23(20-34)25-13-4-5-14-26(25)27/h2-16,36-37H,17-19H2,1H3/t32-,33+/m0/s1. The summed E-state index contributed by atoms with van der Waals surface area (Å²) in [6.07, 6.45) is 6.32. The van der Waals surface area contributed by atoms with Crippen molar-refractivity contribution in [1.29, 1.82) is 5.26 Å². The summed E-state index contributed by atoms with van der Waals surface area (Å²) in [6, 6.07) is 27.9. The van der Waals surface area contributed by atoms with Crippen LogP contribution < -0.4 is 0 Å². The average Bonchev–Trinajstić information content (AvgIpc) is 3.52. The number of aromatic nitrogens is 1. The van der Waals surface area contributed by atoms with Gasteiger partial charge in [-0.05, 0) is 54.7 Å². The van der Waals surface area contributed by atoms with E-state index in [0.29, 0.717) is 28.8 Å². The third-order valence-corrected chi connectivity index (χ3v) is 8.36. The summed E-state index contributed by atoms with van der Waals surface area (Å²) < 4.78 is 8.15. The highest BCUT2D eigenvalue weighted by Gasteiger charge is 2.61. The van der Waals surface area contributed by atoms with Crippen molar-refractivity contribution in [2.75, 3.05) is 0 Å². The van der Waals surface area contributed by atoms with Crippen LogP contribution in [0, 0.1) is 11.3 Å². The van der Waals surface area contributed by atoms with Gasteiger partial charge in [-0.25, -0.2) is 0 Å². The molecule has 5 heteroatoms. The van der Waals surface area contributed by atoms with Crippen LogP contribution >= 0.6 is 0 Å². The lowest BCUT2D eigenvalue weighted by Gasteiger charge is -2.25. The van der Waals surface area contributed by atoms with Crippen LogP contribution in [0.5, 0.6) is 11.8 Å². The lowest BCUT2D eigenvalue weighted by Crippen LogP contribution is -2.21. The number of nitrogens with zero attached hydrogens (tertiary/aromatic N) is 2. The zero-order valence-electron chi connectivity index (χ0n) is 21.0. The SMILES string of the molecule is C[C@@]12CC[C@@](CC=Cc3cccc4ccccc34)(O1)c1c2c(O)n(-c2ccc(C#N)c3ccccc23)c1O. The molecular weight excluding hydrogens is 472 g/mol. The Morgan fingerprint density at radius 3 is 2.39 bits per heavy atom. The highest BCUT2D eigenvalue weighted by molar-refractivity contribution is 5.95. The van der Waals surface area contributed by atoms with Crippen molar-refractivity contribution < 1.29 is 14.9 Å². The Morgan fingerprint density at radius 2 is 1.58 bits per heavy atom. The molecule has 0 unspecified atom stereocenters. The second-order valence-corrected chi connectivity index (χ2v) is 10.5. The first-order valence-electron chi connectivity index (χ1n) is 12.9. The molecule has 2 aliphatic rings. The third-order valence-electron chi connectivity index (χ3n) is 8.36. The molecule has 186 valence electrons. The van der Waals surface area contributed by atoms with Gasteiger partial charge in [0.2, 0.25) is 11.8 Å². The van der Waals surface area contributed by atoms with E-state index >= 15 is 0 Å². The van der Waals surface area contributed by atoms with Crippen molar-refractivity contribution in [1.82, 2.24) is 4.57 Å². The van der Waals surface area contributed by atoms with Crippen LogP contribution in [0.2, 0.25) is 0 Å². The molecule has 0 saturated carbocycles. The largest absolute Gasteiger partial charge is 0.494 e. The molecule has 2 atom stereocenters. The molecule has 7 rings (SSSR count). The Kier molecular flexibility index (Phi) is 4.76. The summed E-state index contributed by atoms with van der Waals surface area (Å²) in [5.74, 6) is -0.0104. The van der Waals surface area contributed by atoms with E-state index in [4.69, 9.17) is 4.74 Å². The molecule has 0 amide bonds. The van der Waals surface area contributed by atoms with Gasteiger partial charge in [-0.15, -0.1) is 0 Å². The average molecular weight is 499 g/mol. The van der Waals surface area contributed by atoms with Gasteiger partial charge in [0.1, 0.15) is 5.60 Å². The van der Waals surface area contributed by atoms with Crippen molar-refractivity contribution in [2.24, 2.45) is 0 Å². The first-order chi connectivity index (χ1) is 18.5. The summed E-state index contributed by atoms with van der Waals surface area (Å²) >= 11 is 0. The van der Waals surface area contributed by atoms with E-state index in [1.165, 1.54) is 15.3 Å². The van der Waals surface area contributed by atoms with Gasteiger partial charge >= 0.3 is 0 Å². The molecule has 4 aromatic carbocycles. The Labute approximate surface area is 220 Å². The number of hydrogen-bond donors (Lipinski definition) is 2. The van der Waals surface area contributed by atoms with E-state index in [1.54, 1.807) is 12.1 Å². The molecule has 1 saturated heterocycles. The second-order valence-electron chi connectivity index (χ2n) is 10.5. The van der Waals surface area contributed by atoms with Crippen LogP contribution in [0.1, 0.15) is 48.4 Å². The predicted octanol–water partition coefficient (Wildman–Crippen LogP) is 7.40. The fraction of sp³-hybridized carbons (Fsp3) is 0.182. The monoisotopic (exact) mass is 498 g/mol. The van der Waals surface area contributed by atoms with E-state index in [1.807, 2.05) is 43.3 Å². The van der Waals surface area contributed by atoms with Gasteiger partial charge in [-0.3, -0.25) is 4.57 Å². The summed E-state index contributed by atoms with van der Waals surface area (Å²) in [5.41, 5.74) is 2.24. The summed E-state index contributed by atoms with van der Waals surface area (Å²) in [5, 5.41) is 36.7. The smallest absolute Gasteiger partial charge is 0.205 e. The van der Waals surface area contributed by atoms with Crippen LogP contribution in [0.15, 0.2) is 84.9 Å². The maximum Gasteiger partial charge on any atom is 0.205 e. The molecule has 0 radical (unpaired) electrons. The molecule has 3 heterocycles. The van der Waals surface area contributed by atoms with Crippen molar-refractivity contribution in [3.05, 3.63) is 107 Å². The van der Waals surface area contributed by atoms with Gasteiger partial charge in [0.05, 0.1) is 34.0 Å². The minimum absolute atomic E-state index is 0.00512. The molecule has 2 N–H and O–H groups in total. The quantitative estimate of drug-likeness (QED) is 0.271. The molecule has 5 nitrogen and oxygen atoms in total. The Hall–Kier alpha value is -4.53. The second kappa shape index (κ2) is 7.98. The van der Waals surface area contributed by atoms with E-state index < -0.39 is 11.2 Å². The molecular formula is C33H26N2O3. The maximum absolute atomic E-state index is 11.7. The lowest BCUT2D eigenvalue weighted by molar-refractivity contribution is -0.0772. The van der Waals surface area contributed by atoms with E-state index in [2.05, 4.69) is 48.6 Å². The molecule has 5 aromatic rings. The first-order valence-corrected chi connectivity index (χ1v) is 12.9. The maximum atomic E-state index is 11.7. The van der Waals surface area contributed by atoms with E-state index in [-0.39, 0.29) is 11.8 Å². The Bertz CT molecular complexity index is 1840. The van der Waals surface area contributed by atoms with Gasteiger partial charge in [0.25, 0.3) is 0 Å². The molecule has 38 heavy (non-hydrogen) atoms. The van der Waals surface area contributed by atoms with Crippen LogP contribution in [0.25, 0.3) is 33.3 Å². The van der Waals surface area contributed by atoms with Gasteiger partial charge in [-0.1, -0.05) is 78.9 Å². The van der Waals surface area contributed by atoms with Crippen molar-refractivity contribution in [2.45, 2.75) is 37.4 Å². The summed E-state index contributed by atoms with van der Waals surface area (Å²) in [6.45, 7) is 2.00. The molecule has 2 bridgehead atoms. The number of nitriles is 1. The Morgan fingerprint density at radius 1 is 0.868 bits per heavy atom. The minimum atomic E-state index is -0.722. The van der Waals surface area contributed by atoms with E-state index in [9.17, 15) is 15.5 Å². The molecule has 1 fully saturated rings. The van der Waals surface area contributed by atoms with Gasteiger partial charge in [-0.2, -0.15) is 5.26 Å². The van der Waals surface area contributed by atoms with Gasteiger partial charge in [0, 0.05) is 10.8 Å². The number of ether oxygens (including phenoxy) is 1. The van der Waals surface area contributed by atoms with Crippen molar-refractivity contribution in [3.8, 4) is 23.5 Å². The number of fused-ring (bicyclic) bond motifs is 7. The van der Waals surface area contributed by atoms with E-state index in [0.717, 1.165) is 29.2 Å². The fourth-order valence-electron chi connectivity index (χ4n) is 6.63. The third kappa shape index (κ3) is 3.01. The summed E-state index contributed by atoms with van der Waals surface area (Å²) in [7, 11) is 0. The highest BCUT2D eigenvalue weighted by atomic mass is 16.5. The van der Waals surface area contributed by atoms with Crippen LogP contribution in [0.3, 0.4) is 0 Å². The van der Waals surface area contributed by atoms with Crippen LogP contribution in [-0.4, -0.2) is 14.8 Å². The topological polar surface area (TPSA) is 78.4 Å². The van der Waals surface area contributed by atoms with Crippen molar-refractivity contribution in [3.63, 3.8) is 0 Å².